The fraction of sp³-hybridized carbons (Fsp3) is 0.269. The van der Waals surface area contributed by atoms with Gasteiger partial charge in [0.25, 0.3) is 0 Å². The molecule has 2 aromatic heterocycles. The number of hydrogen-bond donors (Lipinski definition) is 1. The van der Waals surface area contributed by atoms with Crippen molar-refractivity contribution in [2.75, 3.05) is 18.4 Å². The first-order chi connectivity index (χ1) is 16.7. The molecule has 4 aromatic rings. The number of aromatic nitrogens is 4. The summed E-state index contributed by atoms with van der Waals surface area (Å²) in [6.45, 7) is 1.42. The molecule has 0 bridgehead atoms. The van der Waals surface area contributed by atoms with Crippen LogP contribution in [0.4, 0.5) is 5.82 Å². The van der Waals surface area contributed by atoms with Gasteiger partial charge in [-0.05, 0) is 49.6 Å². The van der Waals surface area contributed by atoms with E-state index >= 15 is 0 Å². The van der Waals surface area contributed by atoms with Crippen LogP contribution in [0.2, 0.25) is 5.02 Å². The van der Waals surface area contributed by atoms with Crippen LogP contribution in [0.25, 0.3) is 22.3 Å². The Balaban J connectivity index is 1.21. The van der Waals surface area contributed by atoms with Gasteiger partial charge in [0.05, 0.1) is 17.3 Å². The van der Waals surface area contributed by atoms with Gasteiger partial charge in [0, 0.05) is 41.7 Å². The number of carbonyl (C=O) groups excluding carboxylic acids is 1. The van der Waals surface area contributed by atoms with E-state index < -0.39 is 0 Å². The van der Waals surface area contributed by atoms with Gasteiger partial charge in [-0.25, -0.2) is 19.9 Å². The molecule has 1 saturated heterocycles. The van der Waals surface area contributed by atoms with Gasteiger partial charge in [-0.3, -0.25) is 4.79 Å². The number of hydrogen-bond acceptors (Lipinski definition) is 6. The highest BCUT2D eigenvalue weighted by molar-refractivity contribution is 6.30. The number of rotatable bonds is 7. The molecule has 1 N–H and O–H groups in total. The van der Waals surface area contributed by atoms with Crippen molar-refractivity contribution in [2.24, 2.45) is 0 Å². The number of benzene rings is 2. The van der Waals surface area contributed by atoms with Crippen LogP contribution in [0.15, 0.2) is 67.1 Å². The van der Waals surface area contributed by atoms with Crippen molar-refractivity contribution in [1.29, 1.82) is 0 Å². The van der Waals surface area contributed by atoms with E-state index in [0.29, 0.717) is 23.8 Å². The number of halogens is 1. The number of carbonyl (C=O) groups is 1. The minimum Gasteiger partial charge on any atom is -0.369 e. The first-order valence-electron chi connectivity index (χ1n) is 11.5. The average molecular weight is 473 g/mol. The van der Waals surface area contributed by atoms with Crippen molar-refractivity contribution < 1.29 is 4.79 Å². The quantitative estimate of drug-likeness (QED) is 0.367. The highest BCUT2D eigenvalue weighted by atomic mass is 35.5. The van der Waals surface area contributed by atoms with Crippen LogP contribution in [0, 0.1) is 0 Å². The normalized spacial score (nSPS) is 15.6. The molecule has 0 aliphatic carbocycles. The summed E-state index contributed by atoms with van der Waals surface area (Å²) in [6, 6.07) is 17.3. The number of amides is 1. The lowest BCUT2D eigenvalue weighted by molar-refractivity contribution is -0.132. The third-order valence-electron chi connectivity index (χ3n) is 6.08. The van der Waals surface area contributed by atoms with Crippen molar-refractivity contribution in [3.05, 3.63) is 77.8 Å². The molecular weight excluding hydrogens is 448 g/mol. The van der Waals surface area contributed by atoms with Gasteiger partial charge in [0.1, 0.15) is 12.1 Å². The third kappa shape index (κ3) is 4.84. The van der Waals surface area contributed by atoms with Gasteiger partial charge in [-0.2, -0.15) is 0 Å². The summed E-state index contributed by atoms with van der Waals surface area (Å²) >= 11 is 6.13. The first-order valence-corrected chi connectivity index (χ1v) is 11.9. The fourth-order valence-corrected chi connectivity index (χ4v) is 4.62. The van der Waals surface area contributed by atoms with E-state index in [9.17, 15) is 4.79 Å². The van der Waals surface area contributed by atoms with E-state index in [0.717, 1.165) is 53.8 Å². The van der Waals surface area contributed by atoms with Gasteiger partial charge >= 0.3 is 0 Å². The molecule has 1 aliphatic heterocycles. The Hall–Kier alpha value is -3.58. The van der Waals surface area contributed by atoms with E-state index in [1.54, 1.807) is 12.5 Å². The van der Waals surface area contributed by atoms with Gasteiger partial charge in [-0.15, -0.1) is 0 Å². The summed E-state index contributed by atoms with van der Waals surface area (Å²) in [5.41, 5.74) is 2.65. The smallest absolute Gasteiger partial charge is 0.223 e. The Morgan fingerprint density at radius 1 is 1.09 bits per heavy atom. The van der Waals surface area contributed by atoms with Crippen LogP contribution in [0.3, 0.4) is 0 Å². The van der Waals surface area contributed by atoms with E-state index in [2.05, 4.69) is 20.3 Å². The van der Waals surface area contributed by atoms with E-state index in [4.69, 9.17) is 16.6 Å². The Bertz CT molecular complexity index is 1310. The highest BCUT2D eigenvalue weighted by Crippen LogP contribution is 2.32. The molecule has 2 aromatic carbocycles. The van der Waals surface area contributed by atoms with Gasteiger partial charge in [0.15, 0.2) is 5.82 Å². The van der Waals surface area contributed by atoms with Gasteiger partial charge in [-0.1, -0.05) is 35.9 Å². The maximum absolute atomic E-state index is 13.1. The minimum atomic E-state index is -0.0211. The molecule has 1 aliphatic rings. The van der Waals surface area contributed by atoms with Crippen molar-refractivity contribution >= 4 is 34.2 Å². The summed E-state index contributed by atoms with van der Waals surface area (Å²) in [5.74, 6) is 1.58. The van der Waals surface area contributed by atoms with Crippen LogP contribution in [-0.4, -0.2) is 43.8 Å². The highest BCUT2D eigenvalue weighted by Gasteiger charge is 2.30. The number of fused-ring (bicyclic) bond motifs is 1. The largest absolute Gasteiger partial charge is 0.369 e. The topological polar surface area (TPSA) is 83.9 Å². The predicted octanol–water partition coefficient (Wildman–Crippen LogP) is 5.30. The molecule has 3 heterocycles. The van der Waals surface area contributed by atoms with Gasteiger partial charge in [0.2, 0.25) is 5.91 Å². The molecule has 172 valence electrons. The number of para-hydroxylation sites is 1. The molecule has 0 spiro atoms. The Morgan fingerprint density at radius 2 is 2.00 bits per heavy atom. The molecule has 1 amide bonds. The first kappa shape index (κ1) is 22.2. The molecule has 0 radical (unpaired) electrons. The van der Waals surface area contributed by atoms with Gasteiger partial charge < -0.3 is 10.2 Å². The number of likely N-dealkylation sites (tertiary alicyclic amines) is 1. The van der Waals surface area contributed by atoms with Crippen molar-refractivity contribution in [3.8, 4) is 11.4 Å². The Kier molecular flexibility index (Phi) is 6.62. The van der Waals surface area contributed by atoms with Crippen LogP contribution < -0.4 is 5.32 Å². The van der Waals surface area contributed by atoms with Crippen molar-refractivity contribution in [3.63, 3.8) is 0 Å². The second kappa shape index (κ2) is 10.1. The van der Waals surface area contributed by atoms with Crippen molar-refractivity contribution in [1.82, 2.24) is 24.8 Å². The Morgan fingerprint density at radius 3 is 2.91 bits per heavy atom. The lowest BCUT2D eigenvalue weighted by atomic mass is 10.1. The lowest BCUT2D eigenvalue weighted by Crippen LogP contribution is -2.31. The standard InChI is InChI=1S/C26H25ClN6O/c27-19-7-3-6-18(16-19)25-29-14-12-22(32-25)23-10-5-15-33(23)24(34)11-4-13-28-26-20-8-1-2-9-21(20)30-17-31-26/h1-3,6-9,12,14,16-17,23H,4-5,10-11,13,15H2,(H,28,30,31). The van der Waals surface area contributed by atoms with E-state index in [-0.39, 0.29) is 11.9 Å². The molecule has 1 atom stereocenters. The van der Waals surface area contributed by atoms with Crippen LogP contribution in [0.5, 0.6) is 0 Å². The summed E-state index contributed by atoms with van der Waals surface area (Å²) in [6.07, 6.45) is 6.39. The van der Waals surface area contributed by atoms with Crippen LogP contribution in [0.1, 0.15) is 37.4 Å². The van der Waals surface area contributed by atoms with Crippen LogP contribution in [-0.2, 0) is 4.79 Å². The molecule has 8 heteroatoms. The molecule has 5 rings (SSSR count). The zero-order valence-corrected chi connectivity index (χ0v) is 19.4. The zero-order chi connectivity index (χ0) is 23.3. The second-order valence-corrected chi connectivity index (χ2v) is 8.77. The average Bonchev–Trinajstić information content (AvgIpc) is 3.37. The summed E-state index contributed by atoms with van der Waals surface area (Å²) < 4.78 is 0. The molecule has 1 unspecified atom stereocenters. The monoisotopic (exact) mass is 472 g/mol. The maximum Gasteiger partial charge on any atom is 0.223 e. The summed E-state index contributed by atoms with van der Waals surface area (Å²) in [7, 11) is 0. The number of nitrogens with zero attached hydrogens (tertiary/aromatic N) is 5. The summed E-state index contributed by atoms with van der Waals surface area (Å²) in [5, 5.41) is 4.98. The number of anilines is 1. The van der Waals surface area contributed by atoms with Crippen LogP contribution >= 0.6 is 11.6 Å². The van der Waals surface area contributed by atoms with E-state index in [1.165, 1.54) is 0 Å². The fourth-order valence-electron chi connectivity index (χ4n) is 4.43. The van der Waals surface area contributed by atoms with Crippen molar-refractivity contribution in [2.45, 2.75) is 31.7 Å². The maximum atomic E-state index is 13.1. The molecule has 34 heavy (non-hydrogen) atoms. The number of nitrogens with one attached hydrogen (secondary N) is 1. The minimum absolute atomic E-state index is 0.0211. The molecule has 0 saturated carbocycles. The second-order valence-electron chi connectivity index (χ2n) is 8.33. The summed E-state index contributed by atoms with van der Waals surface area (Å²) in [4.78, 5) is 32.9. The Labute approximate surface area is 203 Å². The van der Waals surface area contributed by atoms with E-state index in [1.807, 2.05) is 59.5 Å². The third-order valence-corrected chi connectivity index (χ3v) is 6.31. The predicted molar refractivity (Wildman–Crippen MR) is 133 cm³/mol. The molecule has 7 nitrogen and oxygen atoms in total. The zero-order valence-electron chi connectivity index (χ0n) is 18.7. The SMILES string of the molecule is O=C(CCCNc1ncnc2ccccc12)N1CCCC1c1ccnc(-c2cccc(Cl)c2)n1. The lowest BCUT2D eigenvalue weighted by Gasteiger charge is -2.24. The molecular formula is C26H25ClN6O. The molecule has 1 fully saturated rings.